The van der Waals surface area contributed by atoms with E-state index in [-0.39, 0.29) is 17.3 Å². The van der Waals surface area contributed by atoms with Gasteiger partial charge >= 0.3 is 0 Å². The summed E-state index contributed by atoms with van der Waals surface area (Å²) >= 11 is 1.51. The van der Waals surface area contributed by atoms with Crippen molar-refractivity contribution in [3.8, 4) is 0 Å². The highest BCUT2D eigenvalue weighted by atomic mass is 32.2. The van der Waals surface area contributed by atoms with Gasteiger partial charge in [-0.05, 0) is 31.2 Å². The largest absolute Gasteiger partial charge is 0.398 e. The Kier molecular flexibility index (Phi) is 5.09. The maximum Gasteiger partial charge on any atom is 0.263 e. The minimum absolute atomic E-state index is 0.173. The predicted octanol–water partition coefficient (Wildman–Crippen LogP) is 3.38. The smallest absolute Gasteiger partial charge is 0.263 e. The zero-order valence-corrected chi connectivity index (χ0v) is 15.3. The number of aryl methyl sites for hydroxylation is 1. The number of para-hydroxylation sites is 2. The Bertz CT molecular complexity index is 960. The number of hydrogen-bond donors (Lipinski definition) is 2. The van der Waals surface area contributed by atoms with Crippen LogP contribution in [0.1, 0.15) is 16.2 Å². The van der Waals surface area contributed by atoms with Crippen molar-refractivity contribution in [3.63, 3.8) is 0 Å². The summed E-state index contributed by atoms with van der Waals surface area (Å²) in [5.74, 6) is 0.431. The van der Waals surface area contributed by atoms with Crippen LogP contribution in [0.2, 0.25) is 0 Å². The summed E-state index contributed by atoms with van der Waals surface area (Å²) in [4.78, 5) is 24.4. The van der Waals surface area contributed by atoms with Crippen LogP contribution in [0.5, 0.6) is 0 Å². The summed E-state index contributed by atoms with van der Waals surface area (Å²) in [6, 6.07) is 15.3. The van der Waals surface area contributed by atoms with E-state index in [1.165, 1.54) is 18.0 Å². The SMILES string of the molecule is Cc1ncc(C(=O)N(C)c2ccccc2Sc2ccccc2N)c(N)n1. The molecule has 1 aromatic heterocycles. The molecular weight excluding hydrogens is 346 g/mol. The number of carbonyl (C=O) groups is 1. The first-order valence-electron chi connectivity index (χ1n) is 7.96. The molecule has 4 N–H and O–H groups in total. The van der Waals surface area contributed by atoms with Crippen LogP contribution >= 0.6 is 11.8 Å². The van der Waals surface area contributed by atoms with Crippen LogP contribution in [0.25, 0.3) is 0 Å². The third-order valence-electron chi connectivity index (χ3n) is 3.84. The molecule has 0 fully saturated rings. The second-order valence-corrected chi connectivity index (χ2v) is 6.77. The molecule has 0 spiro atoms. The molecule has 0 aliphatic heterocycles. The van der Waals surface area contributed by atoms with Crippen molar-refractivity contribution < 1.29 is 4.79 Å². The average molecular weight is 365 g/mol. The maximum absolute atomic E-state index is 12.9. The fourth-order valence-corrected chi connectivity index (χ4v) is 3.48. The van der Waals surface area contributed by atoms with Crippen molar-refractivity contribution in [3.05, 3.63) is 66.1 Å². The summed E-state index contributed by atoms with van der Waals surface area (Å²) in [5.41, 5.74) is 13.7. The molecule has 7 heteroatoms. The van der Waals surface area contributed by atoms with E-state index in [0.29, 0.717) is 11.5 Å². The normalized spacial score (nSPS) is 10.5. The van der Waals surface area contributed by atoms with E-state index >= 15 is 0 Å². The van der Waals surface area contributed by atoms with Crippen LogP contribution in [-0.2, 0) is 0 Å². The van der Waals surface area contributed by atoms with Gasteiger partial charge < -0.3 is 16.4 Å². The van der Waals surface area contributed by atoms with E-state index < -0.39 is 0 Å². The van der Waals surface area contributed by atoms with Crippen LogP contribution in [0.15, 0.2) is 64.5 Å². The molecule has 2 aromatic carbocycles. The van der Waals surface area contributed by atoms with E-state index in [0.717, 1.165) is 15.5 Å². The van der Waals surface area contributed by atoms with Gasteiger partial charge in [-0.2, -0.15) is 0 Å². The summed E-state index contributed by atoms with van der Waals surface area (Å²) in [6.45, 7) is 1.73. The molecule has 3 aromatic rings. The lowest BCUT2D eigenvalue weighted by molar-refractivity contribution is 0.0993. The van der Waals surface area contributed by atoms with Crippen molar-refractivity contribution in [2.75, 3.05) is 23.4 Å². The Morgan fingerprint density at radius 1 is 1.04 bits per heavy atom. The molecule has 0 bridgehead atoms. The lowest BCUT2D eigenvalue weighted by Crippen LogP contribution is -2.28. The monoisotopic (exact) mass is 365 g/mol. The van der Waals surface area contributed by atoms with E-state index in [4.69, 9.17) is 11.5 Å². The highest BCUT2D eigenvalue weighted by molar-refractivity contribution is 7.99. The number of nitrogens with two attached hydrogens (primary N) is 2. The Labute approximate surface area is 156 Å². The molecule has 1 amide bonds. The first kappa shape index (κ1) is 17.8. The topological polar surface area (TPSA) is 98.1 Å². The van der Waals surface area contributed by atoms with Crippen LogP contribution < -0.4 is 16.4 Å². The molecule has 0 radical (unpaired) electrons. The zero-order valence-electron chi connectivity index (χ0n) is 14.5. The Morgan fingerprint density at radius 2 is 1.69 bits per heavy atom. The van der Waals surface area contributed by atoms with Crippen molar-refractivity contribution in [1.82, 2.24) is 9.97 Å². The Hall–Kier alpha value is -3.06. The lowest BCUT2D eigenvalue weighted by Gasteiger charge is -2.21. The van der Waals surface area contributed by atoms with Crippen LogP contribution in [0, 0.1) is 6.92 Å². The fourth-order valence-electron chi connectivity index (χ4n) is 2.45. The summed E-state index contributed by atoms with van der Waals surface area (Å²) in [7, 11) is 1.70. The average Bonchev–Trinajstić information content (AvgIpc) is 2.63. The third-order valence-corrected chi connectivity index (χ3v) is 5.00. The number of amides is 1. The van der Waals surface area contributed by atoms with Gasteiger partial charge in [0.2, 0.25) is 0 Å². The highest BCUT2D eigenvalue weighted by Crippen LogP contribution is 2.37. The van der Waals surface area contributed by atoms with Crippen molar-refractivity contribution in [1.29, 1.82) is 0 Å². The third kappa shape index (κ3) is 3.62. The van der Waals surface area contributed by atoms with Gasteiger partial charge in [0.1, 0.15) is 17.2 Å². The number of hydrogen-bond acceptors (Lipinski definition) is 6. The van der Waals surface area contributed by atoms with Gasteiger partial charge in [-0.25, -0.2) is 9.97 Å². The quantitative estimate of drug-likeness (QED) is 0.688. The zero-order chi connectivity index (χ0) is 18.7. The second-order valence-electron chi connectivity index (χ2n) is 5.69. The van der Waals surface area contributed by atoms with Crippen molar-refractivity contribution >= 4 is 34.9 Å². The van der Waals surface area contributed by atoms with E-state index in [9.17, 15) is 4.79 Å². The van der Waals surface area contributed by atoms with Crippen molar-refractivity contribution in [2.45, 2.75) is 16.7 Å². The first-order chi connectivity index (χ1) is 12.5. The van der Waals surface area contributed by atoms with Gasteiger partial charge in [-0.1, -0.05) is 36.0 Å². The molecule has 0 aliphatic carbocycles. The molecule has 26 heavy (non-hydrogen) atoms. The molecule has 0 aliphatic rings. The molecule has 1 heterocycles. The van der Waals surface area contributed by atoms with E-state index in [2.05, 4.69) is 9.97 Å². The summed E-state index contributed by atoms with van der Waals surface area (Å²) in [6.07, 6.45) is 1.46. The van der Waals surface area contributed by atoms with Gasteiger partial charge in [0.25, 0.3) is 5.91 Å². The van der Waals surface area contributed by atoms with Crippen LogP contribution in [-0.4, -0.2) is 22.9 Å². The molecule has 3 rings (SSSR count). The van der Waals surface area contributed by atoms with Gasteiger partial charge in [-0.3, -0.25) is 4.79 Å². The number of nitrogen functional groups attached to an aromatic ring is 2. The second kappa shape index (κ2) is 7.45. The number of anilines is 3. The van der Waals surface area contributed by atoms with Crippen LogP contribution in [0.3, 0.4) is 0 Å². The molecule has 0 atom stereocenters. The van der Waals surface area contributed by atoms with Gasteiger partial charge in [0, 0.05) is 28.7 Å². The van der Waals surface area contributed by atoms with E-state index in [1.807, 2.05) is 48.5 Å². The van der Waals surface area contributed by atoms with E-state index in [1.54, 1.807) is 18.9 Å². The molecule has 0 unspecified atom stereocenters. The maximum atomic E-state index is 12.9. The molecule has 0 saturated carbocycles. The molecule has 132 valence electrons. The number of nitrogens with zero attached hydrogens (tertiary/aromatic N) is 3. The lowest BCUT2D eigenvalue weighted by atomic mass is 10.2. The van der Waals surface area contributed by atoms with Crippen molar-refractivity contribution in [2.24, 2.45) is 0 Å². The van der Waals surface area contributed by atoms with Gasteiger partial charge in [0.05, 0.1) is 5.69 Å². The van der Waals surface area contributed by atoms with Gasteiger partial charge in [-0.15, -0.1) is 0 Å². The summed E-state index contributed by atoms with van der Waals surface area (Å²) in [5, 5.41) is 0. The Morgan fingerprint density at radius 3 is 2.38 bits per heavy atom. The number of carbonyl (C=O) groups excluding carboxylic acids is 1. The van der Waals surface area contributed by atoms with Gasteiger partial charge in [0.15, 0.2) is 0 Å². The number of aromatic nitrogens is 2. The Balaban J connectivity index is 1.94. The fraction of sp³-hybridized carbons (Fsp3) is 0.105. The summed E-state index contributed by atoms with van der Waals surface area (Å²) < 4.78 is 0. The van der Waals surface area contributed by atoms with Crippen LogP contribution in [0.4, 0.5) is 17.2 Å². The predicted molar refractivity (Wildman–Crippen MR) is 105 cm³/mol. The number of benzene rings is 2. The highest BCUT2D eigenvalue weighted by Gasteiger charge is 2.20. The minimum atomic E-state index is -0.267. The standard InChI is InChI=1S/C19H19N5OS/c1-12-22-11-13(18(21)23-12)19(25)24(2)15-8-4-6-10-17(15)26-16-9-5-3-7-14(16)20/h3-11H,20H2,1-2H3,(H2,21,22,23). The molecule has 6 nitrogen and oxygen atoms in total. The molecular formula is C19H19N5OS. The number of rotatable bonds is 4. The molecule has 0 saturated heterocycles. The first-order valence-corrected chi connectivity index (χ1v) is 8.77. The minimum Gasteiger partial charge on any atom is -0.398 e.